The summed E-state index contributed by atoms with van der Waals surface area (Å²) in [5.74, 6) is 3.61. The molecule has 1 unspecified atom stereocenters. The molecule has 2 atom stereocenters. The molecule has 1 N–H and O–H groups in total. The molecule has 5 nitrogen and oxygen atoms in total. The second-order valence-electron chi connectivity index (χ2n) is 9.62. The number of carbonyl (C=O) groups excluding carboxylic acids is 1. The molecule has 1 saturated carbocycles. The summed E-state index contributed by atoms with van der Waals surface area (Å²) in [6.45, 7) is 7.95. The van der Waals surface area contributed by atoms with Crippen LogP contribution in [-0.2, 0) is 20.8 Å². The summed E-state index contributed by atoms with van der Waals surface area (Å²) in [4.78, 5) is 17.4. The molecule has 1 aliphatic carbocycles. The number of carbonyl (C=O) groups is 1. The highest BCUT2D eigenvalue weighted by Gasteiger charge is 2.33. The van der Waals surface area contributed by atoms with Crippen molar-refractivity contribution in [1.82, 2.24) is 5.09 Å². The van der Waals surface area contributed by atoms with Gasteiger partial charge in [-0.1, -0.05) is 60.9 Å². The Hall–Kier alpha value is -3.56. The number of hydrogen-bond donors (Lipinski definition) is 1. The second-order valence-corrected chi connectivity index (χ2v) is 11.4. The lowest BCUT2D eigenvalue weighted by atomic mass is 10.00. The van der Waals surface area contributed by atoms with E-state index in [4.69, 9.17) is 14.3 Å². The number of nitrogens with one attached hydrogen (secondary N) is 1. The van der Waals surface area contributed by atoms with Gasteiger partial charge in [0, 0.05) is 11.7 Å². The van der Waals surface area contributed by atoms with E-state index in [1.165, 1.54) is 16.7 Å². The molecule has 0 heterocycles. The summed E-state index contributed by atoms with van der Waals surface area (Å²) in [7, 11) is -1.35. The third kappa shape index (κ3) is 10.4. The molecule has 0 aliphatic heterocycles. The van der Waals surface area contributed by atoms with Crippen molar-refractivity contribution >= 4 is 20.3 Å². The third-order valence-corrected chi connectivity index (χ3v) is 8.48. The molecule has 1 fully saturated rings. The van der Waals surface area contributed by atoms with E-state index in [0.29, 0.717) is 0 Å². The summed E-state index contributed by atoms with van der Waals surface area (Å²) in [6.07, 6.45) is 6.89. The average molecular weight is 580 g/mol. The van der Waals surface area contributed by atoms with E-state index in [1.54, 1.807) is 6.92 Å². The molecule has 216 valence electrons. The van der Waals surface area contributed by atoms with E-state index in [0.717, 1.165) is 43.0 Å². The van der Waals surface area contributed by atoms with E-state index in [2.05, 4.69) is 55.1 Å². The molecule has 8 heteroatoms. The molecule has 0 spiro atoms. The van der Waals surface area contributed by atoms with Gasteiger partial charge in [-0.25, -0.2) is 8.78 Å². The van der Waals surface area contributed by atoms with Crippen molar-refractivity contribution in [3.05, 3.63) is 107 Å². The van der Waals surface area contributed by atoms with Crippen molar-refractivity contribution in [2.45, 2.75) is 65.3 Å². The minimum Gasteiger partial charge on any atom is -0.460 e. The largest absolute Gasteiger partial charge is 0.460 e. The summed E-state index contributed by atoms with van der Waals surface area (Å²) in [5.41, 5.74) is 4.98. The minimum atomic E-state index is -1.35. The normalized spacial score (nSPS) is 14.1. The monoisotopic (exact) mass is 579 g/mol. The van der Waals surface area contributed by atoms with Crippen LogP contribution < -0.4 is 9.97 Å². The van der Waals surface area contributed by atoms with Crippen LogP contribution in [0.15, 0.2) is 72.8 Å². The van der Waals surface area contributed by atoms with Gasteiger partial charge >= 0.3 is 5.97 Å². The summed E-state index contributed by atoms with van der Waals surface area (Å²) >= 11 is 0. The Kier molecular flexibility index (Phi) is 13.0. The zero-order valence-electron chi connectivity index (χ0n) is 23.8. The van der Waals surface area contributed by atoms with Gasteiger partial charge in [0.1, 0.15) is 18.5 Å². The Bertz CT molecular complexity index is 1350. The first-order valence-electron chi connectivity index (χ1n) is 13.5. The Balaban J connectivity index is 0.000000298. The summed E-state index contributed by atoms with van der Waals surface area (Å²) in [6, 6.07) is 18.1. The zero-order valence-corrected chi connectivity index (χ0v) is 24.7. The van der Waals surface area contributed by atoms with Gasteiger partial charge < -0.3 is 9.62 Å². The van der Waals surface area contributed by atoms with E-state index >= 15 is 0 Å². The molecular weight excluding hydrogens is 543 g/mol. The Labute approximate surface area is 242 Å². The average Bonchev–Trinajstić information content (AvgIpc) is 2.92. The highest BCUT2D eigenvalue weighted by molar-refractivity contribution is 7.51. The molecular formula is C33H36F2NO4P. The first-order chi connectivity index (χ1) is 19.8. The standard InChI is InChI=1S/C20H22F2NO4P.C13H14/c1-14(20(24)25-13-15-6-3-2-4-7-15)23-28(17-8-5-9-17)27-26-19-11-10-16(21)12-18(19)22;1-4-5-6-10-13-11(2)8-7-9-12(13)3/h2-4,6-7,10-12,14,17,23H,5,8-9,13H2,1H3;6-10H,1-3H3/b;10-6-/t14-,28?;/m0./s1. The van der Waals surface area contributed by atoms with Gasteiger partial charge in [0.25, 0.3) is 0 Å². The van der Waals surface area contributed by atoms with Crippen LogP contribution in [0.1, 0.15) is 55.4 Å². The maximum atomic E-state index is 13.7. The lowest BCUT2D eigenvalue weighted by Gasteiger charge is -2.33. The summed E-state index contributed by atoms with van der Waals surface area (Å²) < 4.78 is 37.5. The fourth-order valence-electron chi connectivity index (χ4n) is 3.83. The van der Waals surface area contributed by atoms with Gasteiger partial charge in [0.05, 0.1) is 0 Å². The van der Waals surface area contributed by atoms with Crippen molar-refractivity contribution in [3.63, 3.8) is 0 Å². The highest BCUT2D eigenvalue weighted by atomic mass is 31.2. The molecule has 4 rings (SSSR count). The lowest BCUT2D eigenvalue weighted by molar-refractivity contribution is -0.146. The van der Waals surface area contributed by atoms with Crippen LogP contribution in [0.3, 0.4) is 0 Å². The number of halogens is 2. The van der Waals surface area contributed by atoms with E-state index in [9.17, 15) is 13.6 Å². The molecule has 1 aliphatic rings. The van der Waals surface area contributed by atoms with E-state index in [-0.39, 0.29) is 18.0 Å². The minimum absolute atomic E-state index is 0.186. The zero-order chi connectivity index (χ0) is 29.6. The Morgan fingerprint density at radius 3 is 2.39 bits per heavy atom. The molecule has 0 radical (unpaired) electrons. The number of allylic oxidation sites excluding steroid dienone is 1. The van der Waals surface area contributed by atoms with Crippen LogP contribution in [0.2, 0.25) is 0 Å². The van der Waals surface area contributed by atoms with Crippen molar-refractivity contribution < 1.29 is 27.9 Å². The molecule has 0 bridgehead atoms. The van der Waals surface area contributed by atoms with Crippen molar-refractivity contribution in [2.75, 3.05) is 0 Å². The molecule has 0 saturated heterocycles. The number of benzene rings is 3. The van der Waals surface area contributed by atoms with Crippen molar-refractivity contribution in [2.24, 2.45) is 0 Å². The number of esters is 1. The second kappa shape index (κ2) is 16.6. The van der Waals surface area contributed by atoms with Crippen LogP contribution in [0, 0.1) is 37.3 Å². The lowest BCUT2D eigenvalue weighted by Crippen LogP contribution is -2.36. The fourth-order valence-corrected chi connectivity index (χ4v) is 5.69. The number of hydrogen-bond acceptors (Lipinski definition) is 5. The number of aryl methyl sites for hydroxylation is 2. The first kappa shape index (κ1) is 32.0. The SMILES string of the molecule is CC#C/C=C\c1c(C)cccc1C.C[C@H](NP(OOc1ccc(F)cc1F)C1CCC1)C(=O)OCc1ccccc1. The van der Waals surface area contributed by atoms with Gasteiger partial charge in [-0.2, -0.15) is 4.67 Å². The smallest absolute Gasteiger partial charge is 0.323 e. The van der Waals surface area contributed by atoms with Crippen LogP contribution >= 0.6 is 8.30 Å². The first-order valence-corrected chi connectivity index (χ1v) is 14.8. The van der Waals surface area contributed by atoms with Crippen LogP contribution in [0.5, 0.6) is 5.75 Å². The fraction of sp³-hybridized carbons (Fsp3) is 0.303. The maximum absolute atomic E-state index is 13.7. The quantitative estimate of drug-likeness (QED) is 0.0863. The number of rotatable bonds is 10. The van der Waals surface area contributed by atoms with Crippen LogP contribution in [0.4, 0.5) is 8.78 Å². The summed E-state index contributed by atoms with van der Waals surface area (Å²) in [5, 5.41) is 3.10. The maximum Gasteiger partial charge on any atom is 0.323 e. The molecule has 3 aromatic rings. The molecule has 0 aromatic heterocycles. The van der Waals surface area contributed by atoms with E-state index in [1.807, 2.05) is 43.3 Å². The molecule has 41 heavy (non-hydrogen) atoms. The topological polar surface area (TPSA) is 56.8 Å². The predicted molar refractivity (Wildman–Crippen MR) is 160 cm³/mol. The van der Waals surface area contributed by atoms with Gasteiger partial charge in [0.2, 0.25) is 5.75 Å². The van der Waals surface area contributed by atoms with Crippen molar-refractivity contribution in [1.29, 1.82) is 0 Å². The third-order valence-electron chi connectivity index (χ3n) is 6.43. The van der Waals surface area contributed by atoms with Gasteiger partial charge in [-0.15, -0.1) is 5.92 Å². The Morgan fingerprint density at radius 2 is 1.78 bits per heavy atom. The number of ether oxygens (including phenoxy) is 1. The van der Waals surface area contributed by atoms with Gasteiger partial charge in [-0.3, -0.25) is 9.88 Å². The molecule has 0 amide bonds. The molecule has 3 aromatic carbocycles. The Morgan fingerprint density at radius 1 is 1.07 bits per heavy atom. The van der Waals surface area contributed by atoms with Crippen LogP contribution in [0.25, 0.3) is 6.08 Å². The van der Waals surface area contributed by atoms with Gasteiger partial charge in [-0.05, 0) is 87.1 Å². The van der Waals surface area contributed by atoms with Gasteiger partial charge in [0.15, 0.2) is 14.1 Å². The van der Waals surface area contributed by atoms with Crippen LogP contribution in [-0.4, -0.2) is 17.7 Å². The van der Waals surface area contributed by atoms with E-state index < -0.39 is 31.9 Å². The predicted octanol–water partition coefficient (Wildman–Crippen LogP) is 8.20. The highest BCUT2D eigenvalue weighted by Crippen LogP contribution is 2.49. The van der Waals surface area contributed by atoms with Crippen molar-refractivity contribution in [3.8, 4) is 17.6 Å².